The Hall–Kier alpha value is -1.55. The van der Waals surface area contributed by atoms with Gasteiger partial charge in [-0.05, 0) is 30.5 Å². The number of aliphatic carboxylic acids is 1. The van der Waals surface area contributed by atoms with Crippen LogP contribution in [0.2, 0.25) is 0 Å². The smallest absolute Gasteiger partial charge is 0.306 e. The van der Waals surface area contributed by atoms with Crippen LogP contribution in [0.4, 0.5) is 0 Å². The van der Waals surface area contributed by atoms with Crippen LogP contribution in [0.3, 0.4) is 0 Å². The Morgan fingerprint density at radius 1 is 1.38 bits per heavy atom. The lowest BCUT2D eigenvalue weighted by atomic mass is 9.97. The number of hydrogen-bond acceptors (Lipinski definition) is 3. The third-order valence-electron chi connectivity index (χ3n) is 2.47. The van der Waals surface area contributed by atoms with Gasteiger partial charge in [-0.3, -0.25) is 4.79 Å². The average molecular weight is 224 g/mol. The summed E-state index contributed by atoms with van der Waals surface area (Å²) in [4.78, 5) is 10.9. The molecule has 0 radical (unpaired) electrons. The molecule has 16 heavy (non-hydrogen) atoms. The Morgan fingerprint density at radius 3 is 2.44 bits per heavy atom. The number of carbonyl (C=O) groups is 1. The van der Waals surface area contributed by atoms with E-state index in [0.29, 0.717) is 6.42 Å². The van der Waals surface area contributed by atoms with Crippen LogP contribution < -0.4 is 4.74 Å². The molecule has 1 aromatic carbocycles. The van der Waals surface area contributed by atoms with Gasteiger partial charge in [-0.2, -0.15) is 0 Å². The summed E-state index contributed by atoms with van der Waals surface area (Å²) in [7, 11) is 1.58. The Bertz CT molecular complexity index is 331. The van der Waals surface area contributed by atoms with Gasteiger partial charge in [-0.25, -0.2) is 0 Å². The third kappa shape index (κ3) is 3.55. The molecule has 0 saturated carbocycles. The van der Waals surface area contributed by atoms with Gasteiger partial charge >= 0.3 is 5.97 Å². The highest BCUT2D eigenvalue weighted by atomic mass is 16.5. The largest absolute Gasteiger partial charge is 0.497 e. The van der Waals surface area contributed by atoms with Crippen molar-refractivity contribution in [3.05, 3.63) is 29.8 Å². The first-order valence-corrected chi connectivity index (χ1v) is 5.14. The molecule has 4 nitrogen and oxygen atoms in total. The molecule has 1 rings (SSSR count). The highest BCUT2D eigenvalue weighted by molar-refractivity contribution is 5.70. The van der Waals surface area contributed by atoms with Gasteiger partial charge in [0.2, 0.25) is 0 Å². The lowest BCUT2D eigenvalue weighted by molar-refractivity contribution is -0.142. The zero-order chi connectivity index (χ0) is 12.0. The molecule has 0 aliphatic rings. The number of rotatable bonds is 6. The first-order chi connectivity index (χ1) is 7.67. The van der Waals surface area contributed by atoms with E-state index in [0.717, 1.165) is 11.3 Å². The highest BCUT2D eigenvalue weighted by Gasteiger charge is 2.17. The van der Waals surface area contributed by atoms with E-state index in [-0.39, 0.29) is 13.0 Å². The minimum atomic E-state index is -0.870. The topological polar surface area (TPSA) is 66.8 Å². The zero-order valence-corrected chi connectivity index (χ0v) is 9.22. The summed E-state index contributed by atoms with van der Waals surface area (Å²) in [6.45, 7) is -0.104. The number of carboxylic acids is 1. The number of hydrogen-bond donors (Lipinski definition) is 2. The molecular formula is C12H16O4. The van der Waals surface area contributed by atoms with Crippen LogP contribution in [0.5, 0.6) is 5.75 Å². The van der Waals surface area contributed by atoms with E-state index < -0.39 is 11.9 Å². The molecule has 1 atom stereocenters. The van der Waals surface area contributed by atoms with Crippen molar-refractivity contribution in [1.29, 1.82) is 0 Å². The summed E-state index contributed by atoms with van der Waals surface area (Å²) in [6, 6.07) is 7.28. The normalized spacial score (nSPS) is 12.1. The molecule has 4 heteroatoms. The monoisotopic (exact) mass is 224 g/mol. The zero-order valence-electron chi connectivity index (χ0n) is 9.22. The fourth-order valence-electron chi connectivity index (χ4n) is 1.51. The molecule has 0 fully saturated rings. The summed E-state index contributed by atoms with van der Waals surface area (Å²) in [5.74, 6) is -0.652. The van der Waals surface area contributed by atoms with Crippen molar-refractivity contribution in [2.45, 2.75) is 12.8 Å². The van der Waals surface area contributed by atoms with Gasteiger partial charge in [-0.15, -0.1) is 0 Å². The second kappa shape index (κ2) is 6.12. The maximum atomic E-state index is 10.9. The number of aliphatic hydroxyl groups is 1. The predicted molar refractivity (Wildman–Crippen MR) is 59.5 cm³/mol. The highest BCUT2D eigenvalue weighted by Crippen LogP contribution is 2.16. The minimum absolute atomic E-state index is 0.104. The SMILES string of the molecule is COc1ccc(CC(CCO)C(=O)O)cc1. The number of benzene rings is 1. The molecule has 0 heterocycles. The standard InChI is InChI=1S/C12H16O4/c1-16-11-4-2-9(3-5-11)8-10(6-7-13)12(14)15/h2-5,10,13H,6-8H2,1H3,(H,14,15). The van der Waals surface area contributed by atoms with Crippen molar-refractivity contribution in [2.24, 2.45) is 5.92 Å². The van der Waals surface area contributed by atoms with Crippen LogP contribution in [-0.4, -0.2) is 29.9 Å². The van der Waals surface area contributed by atoms with Crippen molar-refractivity contribution in [2.75, 3.05) is 13.7 Å². The molecule has 0 aromatic heterocycles. The molecule has 1 aromatic rings. The van der Waals surface area contributed by atoms with Gasteiger partial charge in [0.05, 0.1) is 13.0 Å². The van der Waals surface area contributed by atoms with Gasteiger partial charge in [0.15, 0.2) is 0 Å². The Labute approximate surface area is 94.5 Å². The van der Waals surface area contributed by atoms with E-state index >= 15 is 0 Å². The average Bonchev–Trinajstić information content (AvgIpc) is 2.29. The van der Waals surface area contributed by atoms with Gasteiger partial charge in [0.1, 0.15) is 5.75 Å². The summed E-state index contributed by atoms with van der Waals surface area (Å²) >= 11 is 0. The number of carboxylic acid groups (broad SMARTS) is 1. The molecule has 0 bridgehead atoms. The van der Waals surface area contributed by atoms with Gasteiger partial charge in [-0.1, -0.05) is 12.1 Å². The predicted octanol–water partition coefficient (Wildman–Crippen LogP) is 1.32. The second-order valence-electron chi connectivity index (χ2n) is 3.60. The number of methoxy groups -OCH3 is 1. The van der Waals surface area contributed by atoms with Crippen LogP contribution in [0, 0.1) is 5.92 Å². The number of aliphatic hydroxyl groups excluding tert-OH is 1. The Kier molecular flexibility index (Phi) is 4.79. The molecule has 0 aliphatic carbocycles. The van der Waals surface area contributed by atoms with Crippen LogP contribution in [0.15, 0.2) is 24.3 Å². The van der Waals surface area contributed by atoms with E-state index in [9.17, 15) is 4.79 Å². The maximum Gasteiger partial charge on any atom is 0.306 e. The quantitative estimate of drug-likeness (QED) is 0.764. The molecule has 0 amide bonds. The van der Waals surface area contributed by atoms with Gasteiger partial charge < -0.3 is 14.9 Å². The first-order valence-electron chi connectivity index (χ1n) is 5.14. The molecule has 0 spiro atoms. The third-order valence-corrected chi connectivity index (χ3v) is 2.47. The van der Waals surface area contributed by atoms with E-state index in [1.54, 1.807) is 19.2 Å². The molecule has 0 saturated heterocycles. The van der Waals surface area contributed by atoms with Crippen molar-refractivity contribution in [1.82, 2.24) is 0 Å². The van der Waals surface area contributed by atoms with Crippen molar-refractivity contribution in [3.63, 3.8) is 0 Å². The molecule has 2 N–H and O–H groups in total. The van der Waals surface area contributed by atoms with Crippen LogP contribution in [-0.2, 0) is 11.2 Å². The fraction of sp³-hybridized carbons (Fsp3) is 0.417. The molecule has 0 aliphatic heterocycles. The first kappa shape index (κ1) is 12.5. The summed E-state index contributed by atoms with van der Waals surface area (Å²) in [6.07, 6.45) is 0.710. The second-order valence-corrected chi connectivity index (χ2v) is 3.60. The van der Waals surface area contributed by atoms with E-state index in [4.69, 9.17) is 14.9 Å². The van der Waals surface area contributed by atoms with Gasteiger partial charge in [0, 0.05) is 6.61 Å². The number of ether oxygens (including phenoxy) is 1. The van der Waals surface area contributed by atoms with Crippen molar-refractivity contribution >= 4 is 5.97 Å². The fourth-order valence-corrected chi connectivity index (χ4v) is 1.51. The molecular weight excluding hydrogens is 208 g/mol. The van der Waals surface area contributed by atoms with Crippen LogP contribution >= 0.6 is 0 Å². The maximum absolute atomic E-state index is 10.9. The Balaban J connectivity index is 2.65. The van der Waals surface area contributed by atoms with Crippen LogP contribution in [0.1, 0.15) is 12.0 Å². The minimum Gasteiger partial charge on any atom is -0.497 e. The van der Waals surface area contributed by atoms with Crippen molar-refractivity contribution < 1.29 is 19.7 Å². The summed E-state index contributed by atoms with van der Waals surface area (Å²) in [5, 5.41) is 17.7. The Morgan fingerprint density at radius 2 is 2.00 bits per heavy atom. The van der Waals surface area contributed by atoms with Gasteiger partial charge in [0.25, 0.3) is 0 Å². The van der Waals surface area contributed by atoms with E-state index in [2.05, 4.69) is 0 Å². The molecule has 1 unspecified atom stereocenters. The van der Waals surface area contributed by atoms with Crippen LogP contribution in [0.25, 0.3) is 0 Å². The van der Waals surface area contributed by atoms with E-state index in [1.165, 1.54) is 0 Å². The lowest BCUT2D eigenvalue weighted by Crippen LogP contribution is -2.17. The summed E-state index contributed by atoms with van der Waals surface area (Å²) in [5.41, 5.74) is 0.932. The summed E-state index contributed by atoms with van der Waals surface area (Å²) < 4.78 is 5.01. The van der Waals surface area contributed by atoms with Crippen molar-refractivity contribution in [3.8, 4) is 5.75 Å². The molecule has 88 valence electrons. The lowest BCUT2D eigenvalue weighted by Gasteiger charge is -2.10. The van der Waals surface area contributed by atoms with E-state index in [1.807, 2.05) is 12.1 Å².